The third-order valence-electron chi connectivity index (χ3n) is 3.86. The summed E-state index contributed by atoms with van der Waals surface area (Å²) in [5.41, 5.74) is 1.16. The number of aliphatic hydroxyl groups is 3. The highest BCUT2D eigenvalue weighted by atomic mass is 16.3. The predicted octanol–water partition coefficient (Wildman–Crippen LogP) is 1.38. The Morgan fingerprint density at radius 2 is 1.36 bits per heavy atom. The Bertz CT molecular complexity index is 473. The van der Waals surface area contributed by atoms with E-state index < -0.39 is 31.3 Å². The van der Waals surface area contributed by atoms with E-state index in [9.17, 15) is 20.1 Å². The van der Waals surface area contributed by atoms with Crippen LogP contribution in [0.4, 0.5) is 0 Å². The summed E-state index contributed by atoms with van der Waals surface area (Å²) < 4.78 is 0. The minimum absolute atomic E-state index is 0.281. The molecule has 1 amide bonds. The molecule has 0 saturated heterocycles. The van der Waals surface area contributed by atoms with Gasteiger partial charge in [-0.05, 0) is 35.1 Å². The van der Waals surface area contributed by atoms with Crippen molar-refractivity contribution in [2.45, 2.75) is 45.1 Å². The molecule has 0 heterocycles. The van der Waals surface area contributed by atoms with E-state index in [4.69, 9.17) is 0 Å². The van der Waals surface area contributed by atoms with E-state index in [-0.39, 0.29) is 11.8 Å². The summed E-state index contributed by atoms with van der Waals surface area (Å²) in [6.07, 6.45) is 0. The van der Waals surface area contributed by atoms with Crippen LogP contribution in [0.5, 0.6) is 0 Å². The zero-order valence-electron chi connectivity index (χ0n) is 13.8. The fraction of sp³-hybridized carbons (Fsp3) is 0.588. The first-order chi connectivity index (χ1) is 10.3. The van der Waals surface area contributed by atoms with Crippen LogP contribution in [0.1, 0.15) is 61.0 Å². The van der Waals surface area contributed by atoms with Crippen molar-refractivity contribution in [3.8, 4) is 0 Å². The second kappa shape index (κ2) is 7.72. The molecule has 1 aromatic rings. The van der Waals surface area contributed by atoms with E-state index in [1.807, 2.05) is 12.1 Å². The molecular weight excluding hydrogens is 282 g/mol. The maximum absolute atomic E-state index is 12.4. The molecule has 5 nitrogen and oxygen atoms in total. The molecule has 0 aromatic heterocycles. The van der Waals surface area contributed by atoms with Crippen molar-refractivity contribution in [3.05, 3.63) is 34.9 Å². The highest BCUT2D eigenvalue weighted by molar-refractivity contribution is 5.95. The fourth-order valence-corrected chi connectivity index (χ4v) is 2.06. The third-order valence-corrected chi connectivity index (χ3v) is 3.86. The average Bonchev–Trinajstić information content (AvgIpc) is 2.52. The molecule has 1 aromatic carbocycles. The summed E-state index contributed by atoms with van der Waals surface area (Å²) in [6.45, 7) is 6.62. The van der Waals surface area contributed by atoms with Gasteiger partial charge >= 0.3 is 0 Å². The molecule has 22 heavy (non-hydrogen) atoms. The second-order valence-corrected chi connectivity index (χ2v) is 6.41. The summed E-state index contributed by atoms with van der Waals surface area (Å²) in [7, 11) is 0. The number of nitrogens with one attached hydrogen (secondary N) is 1. The second-order valence-electron chi connectivity index (χ2n) is 6.41. The summed E-state index contributed by atoms with van der Waals surface area (Å²) in [4.78, 5) is 12.4. The van der Waals surface area contributed by atoms with Gasteiger partial charge < -0.3 is 20.6 Å². The third kappa shape index (κ3) is 4.29. The van der Waals surface area contributed by atoms with E-state index in [0.29, 0.717) is 5.56 Å². The number of amides is 1. The molecule has 0 radical (unpaired) electrons. The Balaban J connectivity index is 3.16. The van der Waals surface area contributed by atoms with Crippen LogP contribution in [-0.4, -0.2) is 46.6 Å². The number of hydrogen-bond donors (Lipinski definition) is 4. The topological polar surface area (TPSA) is 89.8 Å². The van der Waals surface area contributed by atoms with Gasteiger partial charge in [-0.1, -0.05) is 33.8 Å². The fourth-order valence-electron chi connectivity index (χ4n) is 2.06. The maximum Gasteiger partial charge on any atom is 0.251 e. The van der Waals surface area contributed by atoms with Gasteiger partial charge in [-0.2, -0.15) is 0 Å². The Morgan fingerprint density at radius 3 is 1.68 bits per heavy atom. The number of carbonyl (C=O) groups excluding carboxylic acids is 1. The van der Waals surface area contributed by atoms with Gasteiger partial charge in [0.1, 0.15) is 5.54 Å². The van der Waals surface area contributed by atoms with Crippen molar-refractivity contribution in [1.82, 2.24) is 5.32 Å². The molecule has 1 rings (SSSR count). The summed E-state index contributed by atoms with van der Waals surface area (Å²) >= 11 is 0. The van der Waals surface area contributed by atoms with Crippen LogP contribution < -0.4 is 5.32 Å². The van der Waals surface area contributed by atoms with E-state index in [1.165, 1.54) is 0 Å². The minimum atomic E-state index is -1.41. The summed E-state index contributed by atoms with van der Waals surface area (Å²) in [5, 5.41) is 30.5. The molecule has 0 aliphatic carbocycles. The van der Waals surface area contributed by atoms with Crippen molar-refractivity contribution in [3.63, 3.8) is 0 Å². The summed E-state index contributed by atoms with van der Waals surface area (Å²) in [5.74, 6) is 0.147. The lowest BCUT2D eigenvalue weighted by Gasteiger charge is -2.29. The number of carbonyl (C=O) groups is 1. The molecule has 0 unspecified atom stereocenters. The number of benzene rings is 1. The molecule has 0 atom stereocenters. The monoisotopic (exact) mass is 309 g/mol. The standard InChI is InChI=1S/C17H27NO4/c1-11(2)13-5-14(12(3)4)7-15(6-13)16(22)18-17(8-19,9-20)10-21/h5-7,11-12,19-21H,8-10H2,1-4H3,(H,18,22). The Labute approximate surface area is 132 Å². The van der Waals surface area contributed by atoms with Crippen molar-refractivity contribution in [2.75, 3.05) is 19.8 Å². The lowest BCUT2D eigenvalue weighted by Crippen LogP contribution is -2.57. The lowest BCUT2D eigenvalue weighted by atomic mass is 9.92. The normalized spacial score (nSPS) is 12.0. The largest absolute Gasteiger partial charge is 0.394 e. The molecule has 0 aliphatic heterocycles. The quantitative estimate of drug-likeness (QED) is 0.612. The first-order valence-corrected chi connectivity index (χ1v) is 7.58. The van der Waals surface area contributed by atoms with Crippen molar-refractivity contribution < 1.29 is 20.1 Å². The zero-order valence-corrected chi connectivity index (χ0v) is 13.8. The van der Waals surface area contributed by atoms with Crippen LogP contribution in [0, 0.1) is 0 Å². The van der Waals surface area contributed by atoms with Crippen LogP contribution in [-0.2, 0) is 0 Å². The predicted molar refractivity (Wildman–Crippen MR) is 86.1 cm³/mol. The Morgan fingerprint density at radius 1 is 0.955 bits per heavy atom. The summed E-state index contributed by atoms with van der Waals surface area (Å²) in [6, 6.07) is 5.70. The highest BCUT2D eigenvalue weighted by Crippen LogP contribution is 2.23. The van der Waals surface area contributed by atoms with Crippen molar-refractivity contribution in [1.29, 1.82) is 0 Å². The van der Waals surface area contributed by atoms with E-state index >= 15 is 0 Å². The maximum atomic E-state index is 12.4. The average molecular weight is 309 g/mol. The molecule has 4 N–H and O–H groups in total. The van der Waals surface area contributed by atoms with Gasteiger partial charge in [0.25, 0.3) is 5.91 Å². The number of aliphatic hydroxyl groups excluding tert-OH is 3. The van der Waals surface area contributed by atoms with Crippen LogP contribution in [0.15, 0.2) is 18.2 Å². The first-order valence-electron chi connectivity index (χ1n) is 7.58. The smallest absolute Gasteiger partial charge is 0.251 e. The Kier molecular flexibility index (Phi) is 6.53. The van der Waals surface area contributed by atoms with Gasteiger partial charge in [-0.25, -0.2) is 0 Å². The molecule has 0 spiro atoms. The highest BCUT2D eigenvalue weighted by Gasteiger charge is 2.30. The Hall–Kier alpha value is -1.43. The van der Waals surface area contributed by atoms with Crippen LogP contribution in [0.2, 0.25) is 0 Å². The van der Waals surface area contributed by atoms with E-state index in [2.05, 4.69) is 39.1 Å². The van der Waals surface area contributed by atoms with E-state index in [1.54, 1.807) is 0 Å². The van der Waals surface area contributed by atoms with E-state index in [0.717, 1.165) is 11.1 Å². The van der Waals surface area contributed by atoms with Gasteiger partial charge in [-0.15, -0.1) is 0 Å². The lowest BCUT2D eigenvalue weighted by molar-refractivity contribution is 0.0375. The number of rotatable bonds is 7. The molecular formula is C17H27NO4. The van der Waals surface area contributed by atoms with Gasteiger partial charge in [0.2, 0.25) is 0 Å². The van der Waals surface area contributed by atoms with Gasteiger partial charge in [0.15, 0.2) is 0 Å². The van der Waals surface area contributed by atoms with Crippen LogP contribution in [0.25, 0.3) is 0 Å². The van der Waals surface area contributed by atoms with Gasteiger partial charge in [-0.3, -0.25) is 4.79 Å². The molecule has 0 aliphatic rings. The molecule has 5 heteroatoms. The van der Waals surface area contributed by atoms with Crippen LogP contribution in [0.3, 0.4) is 0 Å². The van der Waals surface area contributed by atoms with Crippen molar-refractivity contribution in [2.24, 2.45) is 0 Å². The minimum Gasteiger partial charge on any atom is -0.394 e. The van der Waals surface area contributed by atoms with Gasteiger partial charge in [0.05, 0.1) is 19.8 Å². The van der Waals surface area contributed by atoms with Crippen LogP contribution >= 0.6 is 0 Å². The first kappa shape index (κ1) is 18.6. The SMILES string of the molecule is CC(C)c1cc(C(=O)NC(CO)(CO)CO)cc(C(C)C)c1. The molecule has 0 saturated carbocycles. The zero-order chi connectivity index (χ0) is 16.9. The van der Waals surface area contributed by atoms with Gasteiger partial charge in [0, 0.05) is 5.56 Å². The number of hydrogen-bond acceptors (Lipinski definition) is 4. The van der Waals surface area contributed by atoms with Crippen molar-refractivity contribution >= 4 is 5.91 Å². The molecule has 0 bridgehead atoms. The molecule has 0 fully saturated rings. The molecule has 124 valence electrons.